The Morgan fingerprint density at radius 3 is 2.62 bits per heavy atom. The molecule has 0 aromatic carbocycles. The van der Waals surface area contributed by atoms with Crippen molar-refractivity contribution in [1.29, 1.82) is 0 Å². The third kappa shape index (κ3) is 4.54. The van der Waals surface area contributed by atoms with Gasteiger partial charge in [0, 0.05) is 25.8 Å². The Morgan fingerprint density at radius 2 is 2.00 bits per heavy atom. The summed E-state index contributed by atoms with van der Waals surface area (Å²) in [6, 6.07) is 2.45. The molecule has 21 heavy (non-hydrogen) atoms. The van der Waals surface area contributed by atoms with E-state index in [2.05, 4.69) is 27.3 Å². The number of nitrogens with zero attached hydrogens (tertiary/aromatic N) is 3. The molecule has 1 saturated carbocycles. The summed E-state index contributed by atoms with van der Waals surface area (Å²) in [5, 5.41) is 0. The van der Waals surface area contributed by atoms with Gasteiger partial charge in [-0.3, -0.25) is 0 Å². The highest BCUT2D eigenvalue weighted by atomic mass is 16.5. The Labute approximate surface area is 127 Å². The Morgan fingerprint density at radius 1 is 1.29 bits per heavy atom. The fourth-order valence-electron chi connectivity index (χ4n) is 2.83. The van der Waals surface area contributed by atoms with Crippen molar-refractivity contribution in [3.05, 3.63) is 11.9 Å². The lowest BCUT2D eigenvalue weighted by atomic mass is 10.1. The third-order valence-electron chi connectivity index (χ3n) is 4.08. The van der Waals surface area contributed by atoms with Gasteiger partial charge in [0.1, 0.15) is 18.2 Å². The summed E-state index contributed by atoms with van der Waals surface area (Å²) in [5.41, 5.74) is 2.62. The Kier molecular flexibility index (Phi) is 6.20. The van der Waals surface area contributed by atoms with Crippen LogP contribution in [-0.2, 0) is 11.3 Å². The van der Waals surface area contributed by atoms with Crippen molar-refractivity contribution in [2.45, 2.75) is 58.1 Å². The number of hydrogen-bond acceptors (Lipinski definition) is 6. The number of nitrogens with two attached hydrogens (primary N) is 1. The smallest absolute Gasteiger partial charge is 0.158 e. The predicted molar refractivity (Wildman–Crippen MR) is 85.1 cm³/mol. The van der Waals surface area contributed by atoms with E-state index in [0.717, 1.165) is 5.82 Å². The van der Waals surface area contributed by atoms with Gasteiger partial charge in [0.25, 0.3) is 0 Å². The molecule has 118 valence electrons. The molecule has 0 amide bonds. The molecular weight excluding hydrogens is 266 g/mol. The van der Waals surface area contributed by atoms with E-state index >= 15 is 0 Å². The zero-order valence-electron chi connectivity index (χ0n) is 13.1. The van der Waals surface area contributed by atoms with Gasteiger partial charge in [-0.2, -0.15) is 0 Å². The standard InChI is InChI=1S/C15H27N5O/c1-3-21-11-14-17-13(19-16)10-15(18-14)20(2)12-8-6-4-5-7-9-12/h10,12H,3-9,11,16H2,1-2H3,(H,17,18,19). The molecule has 0 spiro atoms. The highest BCUT2D eigenvalue weighted by Gasteiger charge is 2.19. The van der Waals surface area contributed by atoms with E-state index in [0.29, 0.717) is 30.9 Å². The summed E-state index contributed by atoms with van der Waals surface area (Å²) in [4.78, 5) is 11.2. The van der Waals surface area contributed by atoms with E-state index in [-0.39, 0.29) is 0 Å². The molecule has 3 N–H and O–H groups in total. The quantitative estimate of drug-likeness (QED) is 0.477. The molecular formula is C15H27N5O. The maximum atomic E-state index is 5.52. The highest BCUT2D eigenvalue weighted by Crippen LogP contribution is 2.25. The monoisotopic (exact) mass is 293 g/mol. The lowest BCUT2D eigenvalue weighted by Crippen LogP contribution is -2.32. The second-order valence-corrected chi connectivity index (χ2v) is 5.57. The number of rotatable bonds is 6. The first-order chi connectivity index (χ1) is 10.2. The van der Waals surface area contributed by atoms with Crippen LogP contribution in [-0.4, -0.2) is 29.7 Å². The first-order valence-electron chi connectivity index (χ1n) is 7.89. The maximum Gasteiger partial charge on any atom is 0.158 e. The van der Waals surface area contributed by atoms with Crippen LogP contribution >= 0.6 is 0 Å². The predicted octanol–water partition coefficient (Wildman–Crippen LogP) is 2.46. The summed E-state index contributed by atoms with van der Waals surface area (Å²) < 4.78 is 5.41. The van der Waals surface area contributed by atoms with Gasteiger partial charge in [-0.05, 0) is 19.8 Å². The fourth-order valence-corrected chi connectivity index (χ4v) is 2.83. The largest absolute Gasteiger partial charge is 0.374 e. The summed E-state index contributed by atoms with van der Waals surface area (Å²) >= 11 is 0. The second kappa shape index (κ2) is 8.14. The van der Waals surface area contributed by atoms with E-state index in [1.54, 1.807) is 0 Å². The van der Waals surface area contributed by atoms with E-state index in [1.807, 2.05) is 13.0 Å². The summed E-state index contributed by atoms with van der Waals surface area (Å²) in [5.74, 6) is 7.74. The first-order valence-corrected chi connectivity index (χ1v) is 7.89. The molecule has 6 nitrogen and oxygen atoms in total. The van der Waals surface area contributed by atoms with Gasteiger partial charge in [0.2, 0.25) is 0 Å². The molecule has 1 aromatic rings. The third-order valence-corrected chi connectivity index (χ3v) is 4.08. The minimum atomic E-state index is 0.414. The zero-order valence-corrected chi connectivity index (χ0v) is 13.1. The fraction of sp³-hybridized carbons (Fsp3) is 0.733. The van der Waals surface area contributed by atoms with E-state index < -0.39 is 0 Å². The molecule has 2 rings (SSSR count). The second-order valence-electron chi connectivity index (χ2n) is 5.57. The van der Waals surface area contributed by atoms with E-state index in [4.69, 9.17) is 10.6 Å². The lowest BCUT2D eigenvalue weighted by Gasteiger charge is -2.28. The van der Waals surface area contributed by atoms with Gasteiger partial charge in [-0.15, -0.1) is 0 Å². The minimum Gasteiger partial charge on any atom is -0.374 e. The van der Waals surface area contributed by atoms with Crippen molar-refractivity contribution in [3.63, 3.8) is 0 Å². The normalized spacial score (nSPS) is 16.5. The van der Waals surface area contributed by atoms with Crippen molar-refractivity contribution < 1.29 is 4.74 Å². The van der Waals surface area contributed by atoms with Crippen LogP contribution in [0.1, 0.15) is 51.3 Å². The van der Waals surface area contributed by atoms with Crippen molar-refractivity contribution in [1.82, 2.24) is 9.97 Å². The van der Waals surface area contributed by atoms with Gasteiger partial charge in [0.15, 0.2) is 5.82 Å². The Hall–Kier alpha value is -1.40. The van der Waals surface area contributed by atoms with E-state index in [1.165, 1.54) is 38.5 Å². The molecule has 0 radical (unpaired) electrons. The summed E-state index contributed by atoms with van der Waals surface area (Å²) in [6.07, 6.45) is 7.75. The number of hydrazine groups is 1. The zero-order chi connectivity index (χ0) is 15.1. The van der Waals surface area contributed by atoms with Crippen LogP contribution in [0.2, 0.25) is 0 Å². The first kappa shape index (κ1) is 16.0. The summed E-state index contributed by atoms with van der Waals surface area (Å²) in [7, 11) is 2.11. The summed E-state index contributed by atoms with van der Waals surface area (Å²) in [6.45, 7) is 3.03. The average molecular weight is 293 g/mol. The van der Waals surface area contributed by atoms with Gasteiger partial charge in [0.05, 0.1) is 0 Å². The molecule has 6 heteroatoms. The van der Waals surface area contributed by atoms with Gasteiger partial charge < -0.3 is 15.1 Å². The number of nitrogens with one attached hydrogen (secondary N) is 1. The molecule has 0 atom stereocenters. The molecule has 1 aliphatic carbocycles. The SMILES string of the molecule is CCOCc1nc(NN)cc(N(C)C2CCCCCC2)n1. The van der Waals surface area contributed by atoms with E-state index in [9.17, 15) is 0 Å². The number of ether oxygens (including phenoxy) is 1. The van der Waals surface area contributed by atoms with Gasteiger partial charge in [-0.25, -0.2) is 15.8 Å². The van der Waals surface area contributed by atoms with Crippen LogP contribution in [0, 0.1) is 0 Å². The van der Waals surface area contributed by atoms with Gasteiger partial charge in [-0.1, -0.05) is 25.7 Å². The Bertz CT molecular complexity index is 432. The molecule has 0 aliphatic heterocycles. The molecule has 1 aliphatic rings. The molecule has 1 aromatic heterocycles. The molecule has 1 heterocycles. The maximum absolute atomic E-state index is 5.52. The number of anilines is 2. The number of aromatic nitrogens is 2. The van der Waals surface area contributed by atoms with Crippen molar-refractivity contribution in [2.75, 3.05) is 24.0 Å². The minimum absolute atomic E-state index is 0.414. The van der Waals surface area contributed by atoms with Crippen LogP contribution < -0.4 is 16.2 Å². The highest BCUT2D eigenvalue weighted by molar-refractivity contribution is 5.49. The molecule has 0 unspecified atom stereocenters. The van der Waals surface area contributed by atoms with Crippen LogP contribution in [0.25, 0.3) is 0 Å². The van der Waals surface area contributed by atoms with Crippen LogP contribution in [0.5, 0.6) is 0 Å². The number of nitrogen functional groups attached to an aromatic ring is 1. The van der Waals surface area contributed by atoms with Crippen LogP contribution in [0.3, 0.4) is 0 Å². The van der Waals surface area contributed by atoms with Gasteiger partial charge >= 0.3 is 0 Å². The topological polar surface area (TPSA) is 76.3 Å². The van der Waals surface area contributed by atoms with Crippen molar-refractivity contribution >= 4 is 11.6 Å². The van der Waals surface area contributed by atoms with Crippen molar-refractivity contribution in [3.8, 4) is 0 Å². The molecule has 1 fully saturated rings. The molecule has 0 saturated heterocycles. The Balaban J connectivity index is 2.15. The lowest BCUT2D eigenvalue weighted by molar-refractivity contribution is 0.128. The van der Waals surface area contributed by atoms with Crippen molar-refractivity contribution in [2.24, 2.45) is 5.84 Å². The molecule has 0 bridgehead atoms. The van der Waals surface area contributed by atoms with Crippen LogP contribution in [0.4, 0.5) is 11.6 Å². The van der Waals surface area contributed by atoms with Crippen LogP contribution in [0.15, 0.2) is 6.07 Å². The average Bonchev–Trinajstić information content (AvgIpc) is 2.81. The number of hydrogen-bond donors (Lipinski definition) is 2.